The zero-order chi connectivity index (χ0) is 24.2. The summed E-state index contributed by atoms with van der Waals surface area (Å²) < 4.78 is 22.1. The van der Waals surface area contributed by atoms with E-state index in [0.29, 0.717) is 22.8 Å². The maximum atomic E-state index is 12.4. The fourth-order valence-electron chi connectivity index (χ4n) is 3.98. The van der Waals surface area contributed by atoms with Gasteiger partial charge in [-0.15, -0.1) is 0 Å². The zero-order valence-corrected chi connectivity index (χ0v) is 19.1. The number of aryl methyl sites for hydroxylation is 2. The zero-order valence-electron chi connectivity index (χ0n) is 19.1. The Morgan fingerprint density at radius 3 is 2.50 bits per heavy atom. The van der Waals surface area contributed by atoms with Crippen LogP contribution in [0.1, 0.15) is 28.2 Å². The van der Waals surface area contributed by atoms with Crippen LogP contribution in [0.5, 0.6) is 23.0 Å². The minimum Gasteiger partial charge on any atom is -0.497 e. The third-order valence-corrected chi connectivity index (χ3v) is 5.40. The molecule has 1 atom stereocenters. The number of hydrogen-bond acceptors (Lipinski definition) is 7. The van der Waals surface area contributed by atoms with Crippen LogP contribution < -0.4 is 24.7 Å². The molecule has 0 aliphatic carbocycles. The van der Waals surface area contributed by atoms with Gasteiger partial charge in [-0.2, -0.15) is 5.26 Å². The topological polar surface area (TPSA) is 104 Å². The molecule has 3 aromatic rings. The molecule has 2 N–H and O–H groups in total. The van der Waals surface area contributed by atoms with Crippen LogP contribution in [0.3, 0.4) is 0 Å². The van der Waals surface area contributed by atoms with E-state index in [4.69, 9.17) is 24.7 Å². The number of rotatable bonds is 6. The van der Waals surface area contributed by atoms with Crippen LogP contribution in [0, 0.1) is 25.2 Å². The van der Waals surface area contributed by atoms with Crippen molar-refractivity contribution in [1.82, 2.24) is 0 Å². The maximum Gasteiger partial charge on any atom is 0.349 e. The molecule has 0 radical (unpaired) electrons. The maximum absolute atomic E-state index is 12.4. The standard InChI is InChI=1S/C27H24N2O5/c1-16-9-17(2)11-21(10-16)32-15-25(30)33-20-7-8-22-24(13-20)34-27(29)23(14-28)26(22)18-5-4-6-19(12-18)31-3/h4-13,26H,15,29H2,1-3H3. The van der Waals surface area contributed by atoms with Crippen LogP contribution in [-0.2, 0) is 4.79 Å². The number of benzene rings is 3. The van der Waals surface area contributed by atoms with Crippen molar-refractivity contribution in [1.29, 1.82) is 5.26 Å². The van der Waals surface area contributed by atoms with Crippen molar-refractivity contribution in [2.24, 2.45) is 5.73 Å². The molecule has 0 amide bonds. The first-order chi connectivity index (χ1) is 16.4. The van der Waals surface area contributed by atoms with Gasteiger partial charge in [0.15, 0.2) is 6.61 Å². The summed E-state index contributed by atoms with van der Waals surface area (Å²) in [5.74, 6) is 0.962. The van der Waals surface area contributed by atoms with Gasteiger partial charge in [0.05, 0.1) is 13.0 Å². The number of nitrogens with zero attached hydrogens (tertiary/aromatic N) is 1. The van der Waals surface area contributed by atoms with Gasteiger partial charge in [-0.05, 0) is 60.9 Å². The molecule has 3 aromatic carbocycles. The Morgan fingerprint density at radius 1 is 1.03 bits per heavy atom. The van der Waals surface area contributed by atoms with Crippen LogP contribution in [0.15, 0.2) is 72.1 Å². The van der Waals surface area contributed by atoms with Gasteiger partial charge in [0, 0.05) is 11.6 Å². The quantitative estimate of drug-likeness (QED) is 0.430. The number of esters is 1. The summed E-state index contributed by atoms with van der Waals surface area (Å²) in [5, 5.41) is 9.72. The average molecular weight is 456 g/mol. The first-order valence-corrected chi connectivity index (χ1v) is 10.6. The summed E-state index contributed by atoms with van der Waals surface area (Å²) in [6.45, 7) is 3.68. The van der Waals surface area contributed by atoms with Crippen molar-refractivity contribution in [2.75, 3.05) is 13.7 Å². The third kappa shape index (κ3) is 4.81. The minimum absolute atomic E-state index is 0.00412. The van der Waals surface area contributed by atoms with E-state index in [1.54, 1.807) is 25.3 Å². The normalized spacial score (nSPS) is 14.5. The third-order valence-electron chi connectivity index (χ3n) is 5.40. The molecule has 1 aliphatic rings. The molecule has 1 heterocycles. The van der Waals surface area contributed by atoms with Gasteiger partial charge >= 0.3 is 5.97 Å². The molecule has 0 bridgehead atoms. The second-order valence-electron chi connectivity index (χ2n) is 7.99. The molecule has 34 heavy (non-hydrogen) atoms. The summed E-state index contributed by atoms with van der Waals surface area (Å²) in [6.07, 6.45) is 0. The highest BCUT2D eigenvalue weighted by molar-refractivity contribution is 5.74. The molecule has 172 valence electrons. The average Bonchev–Trinajstić information content (AvgIpc) is 2.81. The highest BCUT2D eigenvalue weighted by Gasteiger charge is 2.31. The largest absolute Gasteiger partial charge is 0.497 e. The molecule has 0 saturated heterocycles. The van der Waals surface area contributed by atoms with E-state index in [9.17, 15) is 10.1 Å². The number of carbonyl (C=O) groups excluding carboxylic acids is 1. The van der Waals surface area contributed by atoms with Crippen molar-refractivity contribution >= 4 is 5.97 Å². The van der Waals surface area contributed by atoms with Gasteiger partial charge in [-0.1, -0.05) is 24.3 Å². The second kappa shape index (κ2) is 9.59. The van der Waals surface area contributed by atoms with Gasteiger partial charge in [-0.3, -0.25) is 0 Å². The monoisotopic (exact) mass is 456 g/mol. The van der Waals surface area contributed by atoms with Crippen LogP contribution in [0.25, 0.3) is 0 Å². The first kappa shape index (κ1) is 22.7. The Kier molecular flexibility index (Phi) is 6.42. The van der Waals surface area contributed by atoms with E-state index in [1.165, 1.54) is 0 Å². The fraction of sp³-hybridized carbons (Fsp3) is 0.185. The van der Waals surface area contributed by atoms with Crippen molar-refractivity contribution in [3.05, 3.63) is 94.4 Å². The Hall–Kier alpha value is -4.44. The molecule has 1 aliphatic heterocycles. The lowest BCUT2D eigenvalue weighted by Gasteiger charge is -2.27. The first-order valence-electron chi connectivity index (χ1n) is 10.6. The lowest BCUT2D eigenvalue weighted by Crippen LogP contribution is -2.21. The van der Waals surface area contributed by atoms with E-state index in [0.717, 1.165) is 22.3 Å². The molecule has 0 saturated carbocycles. The molecule has 0 aromatic heterocycles. The predicted molar refractivity (Wildman–Crippen MR) is 126 cm³/mol. The van der Waals surface area contributed by atoms with E-state index in [1.807, 2.05) is 56.3 Å². The highest BCUT2D eigenvalue weighted by Crippen LogP contribution is 2.44. The lowest BCUT2D eigenvalue weighted by atomic mass is 9.83. The number of nitrogens with two attached hydrogens (primary N) is 1. The molecule has 4 rings (SSSR count). The van der Waals surface area contributed by atoms with E-state index >= 15 is 0 Å². The van der Waals surface area contributed by atoms with Crippen LogP contribution in [0.4, 0.5) is 0 Å². The SMILES string of the molecule is COc1cccc(C2C(C#N)=C(N)Oc3cc(OC(=O)COc4cc(C)cc(C)c4)ccc32)c1. The van der Waals surface area contributed by atoms with Crippen molar-refractivity contribution < 1.29 is 23.7 Å². The number of nitriles is 1. The molecule has 0 fully saturated rings. The van der Waals surface area contributed by atoms with Crippen molar-refractivity contribution in [3.8, 4) is 29.1 Å². The Labute approximate surface area is 197 Å². The van der Waals surface area contributed by atoms with E-state index < -0.39 is 11.9 Å². The van der Waals surface area contributed by atoms with Gasteiger partial charge in [0.2, 0.25) is 5.88 Å². The summed E-state index contributed by atoms with van der Waals surface area (Å²) in [6, 6.07) is 20.3. The number of carbonyl (C=O) groups is 1. The molecular weight excluding hydrogens is 432 g/mol. The fourth-order valence-corrected chi connectivity index (χ4v) is 3.98. The number of allylic oxidation sites excluding steroid dienone is 1. The smallest absolute Gasteiger partial charge is 0.349 e. The number of hydrogen-bond donors (Lipinski definition) is 1. The summed E-state index contributed by atoms with van der Waals surface area (Å²) in [7, 11) is 1.58. The summed E-state index contributed by atoms with van der Waals surface area (Å²) in [4.78, 5) is 12.4. The van der Waals surface area contributed by atoms with E-state index in [2.05, 4.69) is 6.07 Å². The Balaban J connectivity index is 1.55. The Morgan fingerprint density at radius 2 is 1.79 bits per heavy atom. The molecule has 0 spiro atoms. The van der Waals surface area contributed by atoms with Crippen LogP contribution in [-0.4, -0.2) is 19.7 Å². The van der Waals surface area contributed by atoms with Crippen molar-refractivity contribution in [3.63, 3.8) is 0 Å². The molecule has 7 heteroatoms. The summed E-state index contributed by atoms with van der Waals surface area (Å²) >= 11 is 0. The van der Waals surface area contributed by atoms with Crippen molar-refractivity contribution in [2.45, 2.75) is 19.8 Å². The predicted octanol–water partition coefficient (Wildman–Crippen LogP) is 4.51. The van der Waals surface area contributed by atoms with Crippen LogP contribution in [0.2, 0.25) is 0 Å². The van der Waals surface area contributed by atoms with Gasteiger partial charge in [-0.25, -0.2) is 4.79 Å². The Bertz CT molecular complexity index is 1300. The van der Waals surface area contributed by atoms with E-state index in [-0.39, 0.29) is 18.2 Å². The highest BCUT2D eigenvalue weighted by atomic mass is 16.6. The van der Waals surface area contributed by atoms with Gasteiger partial charge in [0.25, 0.3) is 0 Å². The number of ether oxygens (including phenoxy) is 4. The van der Waals surface area contributed by atoms with Gasteiger partial charge in [0.1, 0.15) is 34.6 Å². The molecule has 1 unspecified atom stereocenters. The second-order valence-corrected chi connectivity index (χ2v) is 7.99. The minimum atomic E-state index is -0.555. The van der Waals surface area contributed by atoms with Gasteiger partial charge < -0.3 is 24.7 Å². The molecular formula is C27H24N2O5. The molecule has 7 nitrogen and oxygen atoms in total. The van der Waals surface area contributed by atoms with Crippen LogP contribution >= 0.6 is 0 Å². The number of fused-ring (bicyclic) bond motifs is 1. The number of methoxy groups -OCH3 is 1. The summed E-state index contributed by atoms with van der Waals surface area (Å²) in [5.41, 5.74) is 10.0. The lowest BCUT2D eigenvalue weighted by molar-refractivity contribution is -0.136.